The molecule has 1 aliphatic rings. The molecule has 1 aromatic rings. The second kappa shape index (κ2) is 5.77. The third kappa shape index (κ3) is 2.76. The Balaban J connectivity index is 2.18. The van der Waals surface area contributed by atoms with Gasteiger partial charge in [0.25, 0.3) is 0 Å². The van der Waals surface area contributed by atoms with Crippen LogP contribution < -0.4 is 10.2 Å². The van der Waals surface area contributed by atoms with Gasteiger partial charge in [-0.15, -0.1) is 0 Å². The van der Waals surface area contributed by atoms with Gasteiger partial charge >= 0.3 is 5.69 Å². The van der Waals surface area contributed by atoms with Crippen LogP contribution in [0.5, 0.6) is 0 Å². The quantitative estimate of drug-likeness (QED) is 0.646. The van der Waals surface area contributed by atoms with Crippen LogP contribution in [0.1, 0.15) is 12.8 Å². The van der Waals surface area contributed by atoms with Crippen molar-refractivity contribution >= 4 is 11.5 Å². The van der Waals surface area contributed by atoms with Gasteiger partial charge in [-0.2, -0.15) is 0 Å². The second-order valence-electron chi connectivity index (χ2n) is 4.62. The smallest absolute Gasteiger partial charge is 0.311 e. The summed E-state index contributed by atoms with van der Waals surface area (Å²) in [5, 5.41) is 14.2. The van der Waals surface area contributed by atoms with Gasteiger partial charge in [0.2, 0.25) is 5.82 Å². The molecule has 1 unspecified atom stereocenters. The van der Waals surface area contributed by atoms with Crippen LogP contribution in [-0.2, 0) is 0 Å². The van der Waals surface area contributed by atoms with Crippen LogP contribution in [0.3, 0.4) is 0 Å². The van der Waals surface area contributed by atoms with Crippen LogP contribution in [-0.4, -0.2) is 36.6 Å². The molecule has 0 aromatic carbocycles. The summed E-state index contributed by atoms with van der Waals surface area (Å²) in [6.07, 6.45) is 3.84. The van der Waals surface area contributed by atoms with Gasteiger partial charge < -0.3 is 10.2 Å². The maximum Gasteiger partial charge on any atom is 0.311 e. The van der Waals surface area contributed by atoms with E-state index in [0.29, 0.717) is 11.7 Å². The minimum atomic E-state index is -0.357. The van der Waals surface area contributed by atoms with E-state index >= 15 is 0 Å². The largest absolute Gasteiger partial charge is 0.351 e. The molecule has 18 heavy (non-hydrogen) atoms. The number of piperidine rings is 1. The summed E-state index contributed by atoms with van der Waals surface area (Å²) in [6, 6.07) is 3.13. The van der Waals surface area contributed by atoms with Gasteiger partial charge in [-0.05, 0) is 38.4 Å². The van der Waals surface area contributed by atoms with Gasteiger partial charge in [0.05, 0.1) is 4.92 Å². The first-order chi connectivity index (χ1) is 8.72. The minimum Gasteiger partial charge on any atom is -0.351 e. The number of nitrogens with zero attached hydrogens (tertiary/aromatic N) is 3. The van der Waals surface area contributed by atoms with Crippen molar-refractivity contribution in [3.8, 4) is 0 Å². The first kappa shape index (κ1) is 12.8. The first-order valence-electron chi connectivity index (χ1n) is 6.21. The second-order valence-corrected chi connectivity index (χ2v) is 4.62. The number of anilines is 1. The van der Waals surface area contributed by atoms with Crippen LogP contribution in [0.2, 0.25) is 0 Å². The van der Waals surface area contributed by atoms with Crippen LogP contribution in [0.4, 0.5) is 11.5 Å². The van der Waals surface area contributed by atoms with Crippen molar-refractivity contribution in [1.82, 2.24) is 10.3 Å². The van der Waals surface area contributed by atoms with E-state index in [9.17, 15) is 10.1 Å². The van der Waals surface area contributed by atoms with Gasteiger partial charge in [-0.1, -0.05) is 0 Å². The Morgan fingerprint density at radius 1 is 1.67 bits per heavy atom. The van der Waals surface area contributed by atoms with Crippen LogP contribution >= 0.6 is 0 Å². The highest BCUT2D eigenvalue weighted by Crippen LogP contribution is 2.28. The molecule has 1 aliphatic heterocycles. The van der Waals surface area contributed by atoms with Crippen LogP contribution in [0.25, 0.3) is 0 Å². The van der Waals surface area contributed by atoms with E-state index in [-0.39, 0.29) is 10.6 Å². The molecule has 6 heteroatoms. The molecule has 98 valence electrons. The topological polar surface area (TPSA) is 71.3 Å². The zero-order chi connectivity index (χ0) is 13.0. The molecule has 1 atom stereocenters. The van der Waals surface area contributed by atoms with Gasteiger partial charge in [0.15, 0.2) is 0 Å². The summed E-state index contributed by atoms with van der Waals surface area (Å²) in [5.74, 6) is 1.04. The lowest BCUT2D eigenvalue weighted by Gasteiger charge is -2.33. The number of aromatic nitrogens is 1. The molecule has 2 heterocycles. The number of nitrogens with one attached hydrogen (secondary N) is 1. The van der Waals surface area contributed by atoms with E-state index in [0.717, 1.165) is 32.5 Å². The highest BCUT2D eigenvalue weighted by molar-refractivity contribution is 5.57. The predicted molar refractivity (Wildman–Crippen MR) is 69.8 cm³/mol. The lowest BCUT2D eigenvalue weighted by molar-refractivity contribution is -0.384. The summed E-state index contributed by atoms with van der Waals surface area (Å²) < 4.78 is 0. The molecular weight excluding hydrogens is 232 g/mol. The average Bonchev–Trinajstić information content (AvgIpc) is 2.39. The Labute approximate surface area is 106 Å². The Bertz CT molecular complexity index is 422. The molecule has 0 spiro atoms. The normalized spacial score (nSPS) is 19.8. The van der Waals surface area contributed by atoms with E-state index < -0.39 is 0 Å². The Morgan fingerprint density at radius 3 is 3.22 bits per heavy atom. The molecule has 1 fully saturated rings. The minimum absolute atomic E-state index is 0.0996. The standard InChI is InChI=1S/C12H18N4O2/c1-13-8-10-4-3-7-15(9-10)12-11(16(17)18)5-2-6-14-12/h2,5-6,10,13H,3-4,7-9H2,1H3. The Kier molecular flexibility index (Phi) is 4.09. The number of rotatable bonds is 4. The SMILES string of the molecule is CNCC1CCCN(c2ncccc2[N+](=O)[O-])C1. The van der Waals surface area contributed by atoms with Crippen molar-refractivity contribution in [2.45, 2.75) is 12.8 Å². The fourth-order valence-electron chi connectivity index (χ4n) is 2.49. The first-order valence-corrected chi connectivity index (χ1v) is 6.21. The molecule has 1 N–H and O–H groups in total. The maximum atomic E-state index is 11.0. The Morgan fingerprint density at radius 2 is 2.50 bits per heavy atom. The molecule has 1 saturated heterocycles. The van der Waals surface area contributed by atoms with Crippen LogP contribution in [0.15, 0.2) is 18.3 Å². The number of hydrogen-bond donors (Lipinski definition) is 1. The van der Waals surface area contributed by atoms with E-state index in [2.05, 4.69) is 10.3 Å². The van der Waals surface area contributed by atoms with E-state index in [1.54, 1.807) is 12.3 Å². The molecule has 6 nitrogen and oxygen atoms in total. The predicted octanol–water partition coefficient (Wildman–Crippen LogP) is 1.43. The van der Waals surface area contributed by atoms with Crippen molar-refractivity contribution in [2.75, 3.05) is 31.6 Å². The molecule has 0 aliphatic carbocycles. The van der Waals surface area contributed by atoms with Gasteiger partial charge in [0.1, 0.15) is 0 Å². The van der Waals surface area contributed by atoms with E-state index in [1.165, 1.54) is 6.07 Å². The lowest BCUT2D eigenvalue weighted by atomic mass is 9.98. The van der Waals surface area contributed by atoms with Crippen molar-refractivity contribution in [3.05, 3.63) is 28.4 Å². The van der Waals surface area contributed by atoms with E-state index in [4.69, 9.17) is 0 Å². The monoisotopic (exact) mass is 250 g/mol. The summed E-state index contributed by atoms with van der Waals surface area (Å²) in [4.78, 5) is 16.9. The van der Waals surface area contributed by atoms with Gasteiger partial charge in [0, 0.05) is 25.4 Å². The number of pyridine rings is 1. The molecule has 0 amide bonds. The summed E-state index contributed by atoms with van der Waals surface area (Å²) >= 11 is 0. The molecule has 0 bridgehead atoms. The average molecular weight is 250 g/mol. The van der Waals surface area contributed by atoms with Crippen LogP contribution in [0, 0.1) is 16.0 Å². The lowest BCUT2D eigenvalue weighted by Crippen LogP contribution is -2.39. The Hall–Kier alpha value is -1.69. The third-order valence-electron chi connectivity index (χ3n) is 3.27. The summed E-state index contributed by atoms with van der Waals surface area (Å²) in [5.41, 5.74) is 0.0996. The van der Waals surface area contributed by atoms with Gasteiger partial charge in [-0.25, -0.2) is 4.98 Å². The molecular formula is C12H18N4O2. The number of nitro groups is 1. The molecule has 0 saturated carbocycles. The maximum absolute atomic E-state index is 11.0. The molecule has 0 radical (unpaired) electrons. The molecule has 1 aromatic heterocycles. The third-order valence-corrected chi connectivity index (χ3v) is 3.27. The fraction of sp³-hybridized carbons (Fsp3) is 0.583. The summed E-state index contributed by atoms with van der Waals surface area (Å²) in [7, 11) is 1.93. The van der Waals surface area contributed by atoms with Crippen molar-refractivity contribution in [3.63, 3.8) is 0 Å². The van der Waals surface area contributed by atoms with E-state index in [1.807, 2.05) is 11.9 Å². The summed E-state index contributed by atoms with van der Waals surface area (Å²) in [6.45, 7) is 2.62. The molecule has 2 rings (SSSR count). The van der Waals surface area contributed by atoms with Gasteiger partial charge in [-0.3, -0.25) is 10.1 Å². The van der Waals surface area contributed by atoms with Crippen molar-refractivity contribution in [1.29, 1.82) is 0 Å². The van der Waals surface area contributed by atoms with Crippen molar-refractivity contribution in [2.24, 2.45) is 5.92 Å². The highest BCUT2D eigenvalue weighted by atomic mass is 16.6. The zero-order valence-electron chi connectivity index (χ0n) is 10.5. The van der Waals surface area contributed by atoms with Crippen molar-refractivity contribution < 1.29 is 4.92 Å². The highest BCUT2D eigenvalue weighted by Gasteiger charge is 2.25. The zero-order valence-corrected chi connectivity index (χ0v) is 10.5. The fourth-order valence-corrected chi connectivity index (χ4v) is 2.49. The number of hydrogen-bond acceptors (Lipinski definition) is 5.